The van der Waals surface area contributed by atoms with E-state index in [4.69, 9.17) is 0 Å². The Bertz CT molecular complexity index is 172. The third-order valence-corrected chi connectivity index (χ3v) is 1.67. The molecule has 0 aromatic heterocycles. The van der Waals surface area contributed by atoms with Gasteiger partial charge in [-0.2, -0.15) is 0 Å². The van der Waals surface area contributed by atoms with Crippen LogP contribution in [0, 0.1) is 0 Å². The van der Waals surface area contributed by atoms with Crippen LogP contribution >= 0.6 is 0 Å². The fourth-order valence-electron chi connectivity index (χ4n) is 1.08. The smallest absolute Gasteiger partial charge is 0.262 e. The Labute approximate surface area is 63.2 Å². The molecule has 1 atom stereocenters. The lowest BCUT2D eigenvalue weighted by Gasteiger charge is -2.07. The van der Waals surface area contributed by atoms with Crippen molar-refractivity contribution in [3.63, 3.8) is 0 Å². The van der Waals surface area contributed by atoms with E-state index in [-0.39, 0.29) is 5.91 Å². The maximum atomic E-state index is 12.4. The van der Waals surface area contributed by atoms with Gasteiger partial charge in [-0.15, -0.1) is 0 Å². The van der Waals surface area contributed by atoms with Crippen LogP contribution in [0.1, 0.15) is 6.42 Å². The zero-order valence-corrected chi connectivity index (χ0v) is 6.16. The van der Waals surface area contributed by atoms with Gasteiger partial charge in [0.2, 0.25) is 5.91 Å². The van der Waals surface area contributed by atoms with E-state index in [1.165, 1.54) is 7.05 Å². The molecule has 64 valence electrons. The van der Waals surface area contributed by atoms with Crippen molar-refractivity contribution in [1.82, 2.24) is 10.6 Å². The van der Waals surface area contributed by atoms with Gasteiger partial charge < -0.3 is 5.32 Å². The van der Waals surface area contributed by atoms with E-state index >= 15 is 0 Å². The molecule has 1 rings (SSSR count). The zero-order chi connectivity index (χ0) is 8.48. The lowest BCUT2D eigenvalue weighted by atomic mass is 10.2. The minimum atomic E-state index is -2.73. The van der Waals surface area contributed by atoms with E-state index in [0.29, 0.717) is 0 Å². The van der Waals surface area contributed by atoms with Crippen molar-refractivity contribution in [2.24, 2.45) is 0 Å². The number of nitrogens with one attached hydrogen (secondary N) is 2. The molecule has 1 amide bonds. The van der Waals surface area contributed by atoms with Crippen LogP contribution in [0.25, 0.3) is 0 Å². The highest BCUT2D eigenvalue weighted by molar-refractivity contribution is 5.81. The van der Waals surface area contributed by atoms with Crippen LogP contribution in [-0.4, -0.2) is 31.5 Å². The molecule has 1 fully saturated rings. The molecule has 0 saturated carbocycles. The lowest BCUT2D eigenvalue weighted by molar-refractivity contribution is -0.122. The minimum Gasteiger partial charge on any atom is -0.358 e. The van der Waals surface area contributed by atoms with Crippen LogP contribution in [0.5, 0.6) is 0 Å². The highest BCUT2D eigenvalue weighted by Crippen LogP contribution is 2.24. The molecular weight excluding hydrogens is 154 g/mol. The fourth-order valence-corrected chi connectivity index (χ4v) is 1.08. The highest BCUT2D eigenvalue weighted by Gasteiger charge is 2.41. The summed E-state index contributed by atoms with van der Waals surface area (Å²) >= 11 is 0. The van der Waals surface area contributed by atoms with Gasteiger partial charge in [0.05, 0.1) is 12.6 Å². The fraction of sp³-hybridized carbons (Fsp3) is 0.833. The van der Waals surface area contributed by atoms with Gasteiger partial charge in [0, 0.05) is 13.5 Å². The molecule has 0 bridgehead atoms. The minimum absolute atomic E-state index is 0.373. The Morgan fingerprint density at radius 3 is 2.73 bits per heavy atom. The molecule has 3 nitrogen and oxygen atoms in total. The molecule has 2 N–H and O–H groups in total. The maximum absolute atomic E-state index is 12.4. The van der Waals surface area contributed by atoms with E-state index in [1.54, 1.807) is 0 Å². The number of hydrogen-bond acceptors (Lipinski definition) is 2. The van der Waals surface area contributed by atoms with Crippen LogP contribution in [0.2, 0.25) is 0 Å². The van der Waals surface area contributed by atoms with E-state index < -0.39 is 24.9 Å². The number of rotatable bonds is 1. The summed E-state index contributed by atoms with van der Waals surface area (Å²) in [5.74, 6) is -3.10. The van der Waals surface area contributed by atoms with Crippen LogP contribution in [0.15, 0.2) is 0 Å². The second kappa shape index (κ2) is 2.73. The first-order chi connectivity index (χ1) is 5.05. The number of carbonyl (C=O) groups excluding carboxylic acids is 1. The predicted molar refractivity (Wildman–Crippen MR) is 35.4 cm³/mol. The molecule has 0 spiro atoms. The first-order valence-corrected chi connectivity index (χ1v) is 3.38. The van der Waals surface area contributed by atoms with E-state index in [1.807, 2.05) is 0 Å². The first-order valence-electron chi connectivity index (χ1n) is 3.38. The van der Waals surface area contributed by atoms with Crippen molar-refractivity contribution >= 4 is 5.91 Å². The number of halogens is 2. The molecule has 1 aliphatic heterocycles. The van der Waals surface area contributed by atoms with Crippen molar-refractivity contribution < 1.29 is 13.6 Å². The van der Waals surface area contributed by atoms with Crippen molar-refractivity contribution in [2.75, 3.05) is 13.6 Å². The Balaban J connectivity index is 2.48. The molecule has 0 aromatic carbocycles. The zero-order valence-electron chi connectivity index (χ0n) is 6.16. The largest absolute Gasteiger partial charge is 0.358 e. The summed E-state index contributed by atoms with van der Waals surface area (Å²) in [7, 11) is 1.43. The average molecular weight is 164 g/mol. The van der Waals surface area contributed by atoms with Gasteiger partial charge in [-0.25, -0.2) is 8.78 Å². The molecule has 1 saturated heterocycles. The molecule has 0 aromatic rings. The molecule has 0 radical (unpaired) electrons. The summed E-state index contributed by atoms with van der Waals surface area (Å²) in [6.45, 7) is -0.398. The maximum Gasteiger partial charge on any atom is 0.262 e. The van der Waals surface area contributed by atoms with Crippen molar-refractivity contribution in [1.29, 1.82) is 0 Å². The molecule has 1 unspecified atom stereocenters. The van der Waals surface area contributed by atoms with Crippen molar-refractivity contribution in [3.8, 4) is 0 Å². The summed E-state index contributed by atoms with van der Waals surface area (Å²) < 4.78 is 24.9. The Morgan fingerprint density at radius 2 is 2.36 bits per heavy atom. The number of alkyl halides is 2. The van der Waals surface area contributed by atoms with Crippen molar-refractivity contribution in [2.45, 2.75) is 18.4 Å². The molecular formula is C6H10F2N2O. The van der Waals surface area contributed by atoms with Gasteiger partial charge in [0.1, 0.15) is 0 Å². The summed E-state index contributed by atoms with van der Waals surface area (Å²) in [6, 6.07) is -0.727. The third-order valence-electron chi connectivity index (χ3n) is 1.67. The Kier molecular flexibility index (Phi) is 2.08. The van der Waals surface area contributed by atoms with Crippen LogP contribution in [-0.2, 0) is 4.79 Å². The van der Waals surface area contributed by atoms with Crippen LogP contribution < -0.4 is 10.6 Å². The SMILES string of the molecule is CNC(=O)C1CC(F)(F)CN1. The topological polar surface area (TPSA) is 41.1 Å². The van der Waals surface area contributed by atoms with Gasteiger partial charge in [0.25, 0.3) is 5.92 Å². The molecule has 0 aliphatic carbocycles. The second-order valence-electron chi connectivity index (χ2n) is 2.61. The van der Waals surface area contributed by atoms with Gasteiger partial charge in [-0.1, -0.05) is 0 Å². The third kappa shape index (κ3) is 1.86. The molecule has 1 heterocycles. The summed E-state index contributed by atoms with van der Waals surface area (Å²) in [6.07, 6.45) is -0.396. The summed E-state index contributed by atoms with van der Waals surface area (Å²) in [4.78, 5) is 10.8. The van der Waals surface area contributed by atoms with Gasteiger partial charge >= 0.3 is 0 Å². The molecule has 11 heavy (non-hydrogen) atoms. The van der Waals surface area contributed by atoms with Gasteiger partial charge in [-0.05, 0) is 0 Å². The van der Waals surface area contributed by atoms with Crippen LogP contribution in [0.4, 0.5) is 8.78 Å². The predicted octanol–water partition coefficient (Wildman–Crippen LogP) is -0.270. The standard InChI is InChI=1S/C6H10F2N2O/c1-9-5(11)4-2-6(7,8)3-10-4/h4,10H,2-3H2,1H3,(H,9,11). The van der Waals surface area contributed by atoms with E-state index in [2.05, 4.69) is 10.6 Å². The van der Waals surface area contributed by atoms with Gasteiger partial charge in [-0.3, -0.25) is 10.1 Å². The summed E-state index contributed by atoms with van der Waals surface area (Å²) in [5, 5.41) is 4.75. The first kappa shape index (κ1) is 8.39. The van der Waals surface area contributed by atoms with Crippen LogP contribution in [0.3, 0.4) is 0 Å². The normalized spacial score (nSPS) is 28.5. The lowest BCUT2D eigenvalue weighted by Crippen LogP contribution is -2.38. The monoisotopic (exact) mass is 164 g/mol. The van der Waals surface area contributed by atoms with Crippen molar-refractivity contribution in [3.05, 3.63) is 0 Å². The van der Waals surface area contributed by atoms with E-state index in [9.17, 15) is 13.6 Å². The number of likely N-dealkylation sites (N-methyl/N-ethyl adjacent to an activating group) is 1. The van der Waals surface area contributed by atoms with E-state index in [0.717, 1.165) is 0 Å². The molecule has 1 aliphatic rings. The molecule has 5 heteroatoms. The number of carbonyl (C=O) groups is 1. The number of hydrogen-bond donors (Lipinski definition) is 2. The second-order valence-corrected chi connectivity index (χ2v) is 2.61. The Morgan fingerprint density at radius 1 is 1.73 bits per heavy atom. The van der Waals surface area contributed by atoms with Gasteiger partial charge in [0.15, 0.2) is 0 Å². The average Bonchev–Trinajstić information content (AvgIpc) is 2.29. The number of amides is 1. The quantitative estimate of drug-likeness (QED) is 0.560. The Hall–Kier alpha value is -0.710. The highest BCUT2D eigenvalue weighted by atomic mass is 19.3. The summed E-state index contributed by atoms with van der Waals surface area (Å²) in [5.41, 5.74) is 0.